The van der Waals surface area contributed by atoms with Crippen molar-refractivity contribution in [3.63, 3.8) is 0 Å². The number of amides is 1. The van der Waals surface area contributed by atoms with Crippen molar-refractivity contribution in [2.24, 2.45) is 0 Å². The van der Waals surface area contributed by atoms with Crippen LogP contribution in [0.25, 0.3) is 0 Å². The fourth-order valence-electron chi connectivity index (χ4n) is 4.22. The molecular formula is C25H21N3O5S3. The van der Waals surface area contributed by atoms with Gasteiger partial charge >= 0.3 is 0 Å². The van der Waals surface area contributed by atoms with Gasteiger partial charge in [0.25, 0.3) is 5.91 Å². The van der Waals surface area contributed by atoms with Crippen LogP contribution in [0.15, 0.2) is 75.2 Å². The number of hydrogen-bond acceptors (Lipinski definition) is 10. The molecule has 3 aromatic rings. The van der Waals surface area contributed by atoms with Gasteiger partial charge in [0.15, 0.2) is 15.9 Å². The maximum absolute atomic E-state index is 13.4. The molecule has 2 atom stereocenters. The van der Waals surface area contributed by atoms with E-state index in [4.69, 9.17) is 4.74 Å². The van der Waals surface area contributed by atoms with E-state index in [2.05, 4.69) is 10.2 Å². The topological polar surface area (TPSA) is 110 Å². The Kier molecular flexibility index (Phi) is 7.15. The summed E-state index contributed by atoms with van der Waals surface area (Å²) in [4.78, 5) is 40.7. The maximum atomic E-state index is 13.4. The molecule has 1 N–H and O–H groups in total. The minimum Gasteiger partial charge on any atom is -0.503 e. The molecule has 0 fully saturated rings. The quantitative estimate of drug-likeness (QED) is 0.191. The highest BCUT2D eigenvalue weighted by Gasteiger charge is 2.48. The first-order valence-electron chi connectivity index (χ1n) is 11.1. The van der Waals surface area contributed by atoms with E-state index in [1.165, 1.54) is 46.4 Å². The molecule has 11 heteroatoms. The predicted octanol–water partition coefficient (Wildman–Crippen LogP) is 4.61. The number of anilines is 1. The lowest BCUT2D eigenvalue weighted by molar-refractivity contribution is -0.128. The standard InChI is InChI=1S/C25H21N3O5S3/c1-33-17-12-15(9-10-16(17)29)20-19(21(30)18-8-5-11-34-18)22(31)23(32)28(20)24-26-27-25(36-24)35-13-14-6-3-2-4-7-14/h2-9,11,17,20,31H,10,12-13H2,1H3. The largest absolute Gasteiger partial charge is 0.503 e. The molecule has 2 aromatic heterocycles. The summed E-state index contributed by atoms with van der Waals surface area (Å²) >= 11 is 3.93. The lowest BCUT2D eigenvalue weighted by atomic mass is 9.86. The number of ether oxygens (including phenoxy) is 1. The first-order chi connectivity index (χ1) is 17.5. The van der Waals surface area contributed by atoms with Gasteiger partial charge in [0, 0.05) is 25.7 Å². The van der Waals surface area contributed by atoms with Crippen molar-refractivity contribution >= 4 is 57.0 Å². The molecule has 2 aliphatic rings. The van der Waals surface area contributed by atoms with Crippen LogP contribution in [0.3, 0.4) is 0 Å². The average Bonchev–Trinajstić information content (AvgIpc) is 3.64. The zero-order valence-electron chi connectivity index (χ0n) is 19.1. The molecule has 5 rings (SSSR count). The second-order valence-electron chi connectivity index (χ2n) is 8.15. The number of carbonyl (C=O) groups is 3. The number of allylic oxidation sites excluding steroid dienone is 1. The number of carbonyl (C=O) groups excluding carboxylic acids is 3. The molecule has 0 spiro atoms. The van der Waals surface area contributed by atoms with Gasteiger partial charge in [0.1, 0.15) is 6.10 Å². The van der Waals surface area contributed by atoms with Crippen LogP contribution in [0, 0.1) is 0 Å². The van der Waals surface area contributed by atoms with Crippen molar-refractivity contribution in [3.05, 3.63) is 81.3 Å². The number of thioether (sulfide) groups is 1. The van der Waals surface area contributed by atoms with Crippen LogP contribution < -0.4 is 4.90 Å². The van der Waals surface area contributed by atoms with E-state index in [9.17, 15) is 19.5 Å². The van der Waals surface area contributed by atoms with Gasteiger partial charge in [-0.1, -0.05) is 65.6 Å². The molecule has 1 aliphatic carbocycles. The third-order valence-electron chi connectivity index (χ3n) is 5.99. The second kappa shape index (κ2) is 10.5. The minimum absolute atomic E-state index is 0.0217. The summed E-state index contributed by atoms with van der Waals surface area (Å²) in [5.41, 5.74) is 1.75. The molecule has 1 aliphatic heterocycles. The van der Waals surface area contributed by atoms with Gasteiger partial charge in [0.05, 0.1) is 16.5 Å². The lowest BCUT2D eigenvalue weighted by Gasteiger charge is -2.30. The van der Waals surface area contributed by atoms with Gasteiger partial charge in [-0.05, 0) is 22.6 Å². The summed E-state index contributed by atoms with van der Waals surface area (Å²) in [5.74, 6) is -1.16. The zero-order valence-corrected chi connectivity index (χ0v) is 21.6. The van der Waals surface area contributed by atoms with Gasteiger partial charge in [-0.2, -0.15) is 0 Å². The molecule has 1 aromatic carbocycles. The SMILES string of the molecule is COC1CC(C2C(C(=O)c3cccs3)=C(O)C(=O)N2c2nnc(SCc3ccccc3)s2)=CCC1=O. The van der Waals surface area contributed by atoms with E-state index in [0.717, 1.165) is 5.56 Å². The average molecular weight is 540 g/mol. The number of nitrogens with zero attached hydrogens (tertiary/aromatic N) is 3. The number of methoxy groups -OCH3 is 1. The summed E-state index contributed by atoms with van der Waals surface area (Å²) in [5, 5.41) is 21.4. The van der Waals surface area contributed by atoms with Gasteiger partial charge in [-0.25, -0.2) is 0 Å². The molecule has 0 saturated carbocycles. The van der Waals surface area contributed by atoms with Crippen LogP contribution in [0.1, 0.15) is 28.1 Å². The Morgan fingerprint density at radius 2 is 2.00 bits per heavy atom. The Morgan fingerprint density at radius 3 is 2.72 bits per heavy atom. The van der Waals surface area contributed by atoms with Crippen molar-refractivity contribution in [1.29, 1.82) is 0 Å². The van der Waals surface area contributed by atoms with Crippen LogP contribution in [-0.2, 0) is 20.1 Å². The number of aromatic nitrogens is 2. The molecule has 0 radical (unpaired) electrons. The number of rotatable bonds is 8. The van der Waals surface area contributed by atoms with E-state index in [1.54, 1.807) is 23.6 Å². The van der Waals surface area contributed by atoms with Crippen LogP contribution in [0.2, 0.25) is 0 Å². The van der Waals surface area contributed by atoms with Crippen LogP contribution >= 0.6 is 34.4 Å². The van der Waals surface area contributed by atoms with E-state index in [-0.39, 0.29) is 29.3 Å². The summed E-state index contributed by atoms with van der Waals surface area (Å²) < 4.78 is 6.00. The number of aliphatic hydroxyl groups excluding tert-OH is 1. The summed E-state index contributed by atoms with van der Waals surface area (Å²) in [6, 6.07) is 12.4. The normalized spacial score (nSPS) is 20.2. The Balaban J connectivity index is 1.49. The molecular weight excluding hydrogens is 518 g/mol. The minimum atomic E-state index is -0.905. The Morgan fingerprint density at radius 1 is 1.19 bits per heavy atom. The third-order valence-corrected chi connectivity index (χ3v) is 8.98. The molecule has 3 heterocycles. The van der Waals surface area contributed by atoms with E-state index in [0.29, 0.717) is 20.5 Å². The maximum Gasteiger partial charge on any atom is 0.296 e. The third kappa shape index (κ3) is 4.66. The van der Waals surface area contributed by atoms with E-state index >= 15 is 0 Å². The molecule has 1 amide bonds. The Labute approximate surface area is 219 Å². The number of ketones is 2. The van der Waals surface area contributed by atoms with Crippen molar-refractivity contribution < 1.29 is 24.2 Å². The number of aliphatic hydroxyl groups is 1. The summed E-state index contributed by atoms with van der Waals surface area (Å²) in [7, 11) is 1.45. The first kappa shape index (κ1) is 24.6. The van der Waals surface area contributed by atoms with Crippen molar-refractivity contribution in [3.8, 4) is 0 Å². The molecule has 184 valence electrons. The predicted molar refractivity (Wildman–Crippen MR) is 139 cm³/mol. The highest BCUT2D eigenvalue weighted by molar-refractivity contribution is 8.00. The lowest BCUT2D eigenvalue weighted by Crippen LogP contribution is -2.41. The van der Waals surface area contributed by atoms with E-state index < -0.39 is 29.6 Å². The second-order valence-corrected chi connectivity index (χ2v) is 11.3. The number of thiophene rings is 1. The van der Waals surface area contributed by atoms with Crippen LogP contribution in [-0.4, -0.2) is 52.0 Å². The number of hydrogen-bond donors (Lipinski definition) is 1. The molecule has 0 bridgehead atoms. The number of benzene rings is 1. The van der Waals surface area contributed by atoms with Crippen molar-refractivity contribution in [2.45, 2.75) is 35.1 Å². The van der Waals surface area contributed by atoms with Crippen molar-refractivity contribution in [1.82, 2.24) is 10.2 Å². The highest BCUT2D eigenvalue weighted by Crippen LogP contribution is 2.41. The molecule has 36 heavy (non-hydrogen) atoms. The van der Waals surface area contributed by atoms with Crippen LogP contribution in [0.5, 0.6) is 0 Å². The number of Topliss-reactive ketones (excluding diaryl/α,β-unsaturated/α-hetero) is 2. The monoisotopic (exact) mass is 539 g/mol. The summed E-state index contributed by atoms with van der Waals surface area (Å²) in [6.45, 7) is 0. The fourth-order valence-corrected chi connectivity index (χ4v) is 6.72. The van der Waals surface area contributed by atoms with Crippen molar-refractivity contribution in [2.75, 3.05) is 12.0 Å². The zero-order chi connectivity index (χ0) is 25.2. The fraction of sp³-hybridized carbons (Fsp3) is 0.240. The molecule has 8 nitrogen and oxygen atoms in total. The molecule has 2 unspecified atom stereocenters. The highest BCUT2D eigenvalue weighted by atomic mass is 32.2. The van der Waals surface area contributed by atoms with Gasteiger partial charge in [-0.15, -0.1) is 21.5 Å². The Bertz CT molecular complexity index is 1360. The van der Waals surface area contributed by atoms with Gasteiger partial charge in [-0.3, -0.25) is 19.3 Å². The van der Waals surface area contributed by atoms with Gasteiger partial charge < -0.3 is 9.84 Å². The Hall–Kier alpha value is -3.12. The van der Waals surface area contributed by atoms with E-state index in [1.807, 2.05) is 30.3 Å². The summed E-state index contributed by atoms with van der Waals surface area (Å²) in [6.07, 6.45) is 1.35. The molecule has 0 saturated heterocycles. The van der Waals surface area contributed by atoms with Gasteiger partial charge in [0.2, 0.25) is 10.9 Å². The van der Waals surface area contributed by atoms with Crippen LogP contribution in [0.4, 0.5) is 5.13 Å². The first-order valence-corrected chi connectivity index (χ1v) is 13.8. The smallest absolute Gasteiger partial charge is 0.296 e.